The lowest BCUT2D eigenvalue weighted by Gasteiger charge is -2.12. The number of carbonyl (C=O) groups is 2. The zero-order valence-corrected chi connectivity index (χ0v) is 10.8. The van der Waals surface area contributed by atoms with Gasteiger partial charge in [0.25, 0.3) is 5.91 Å². The molecule has 0 heterocycles. The fraction of sp³-hybridized carbons (Fsp3) is 0.545. The molecule has 0 spiro atoms. The highest BCUT2D eigenvalue weighted by molar-refractivity contribution is 6.17. The first-order chi connectivity index (χ1) is 8.69. The predicted octanol–water partition coefficient (Wildman–Crippen LogP) is -0.0538. The Morgan fingerprint density at radius 3 is 2.72 bits per heavy atom. The van der Waals surface area contributed by atoms with Crippen molar-refractivity contribution in [1.29, 1.82) is 5.26 Å². The number of alkyl halides is 1. The third kappa shape index (κ3) is 6.89. The molecule has 6 nitrogen and oxygen atoms in total. The van der Waals surface area contributed by atoms with E-state index in [1.165, 1.54) is 11.1 Å². The summed E-state index contributed by atoms with van der Waals surface area (Å²) in [5, 5.41) is 11.4. The largest absolute Gasteiger partial charge is 0.351 e. The molecule has 18 heavy (non-hydrogen) atoms. The Hall–Kier alpha value is -1.58. The van der Waals surface area contributed by atoms with Crippen LogP contribution in [0.3, 0.4) is 0 Å². The van der Waals surface area contributed by atoms with E-state index < -0.39 is 5.91 Å². The monoisotopic (exact) mass is 272 g/mol. The second kappa shape index (κ2) is 10.6. The van der Waals surface area contributed by atoms with E-state index in [0.717, 1.165) is 0 Å². The van der Waals surface area contributed by atoms with Crippen molar-refractivity contribution in [1.82, 2.24) is 10.2 Å². The molecule has 0 saturated heterocycles. The molecule has 0 aliphatic rings. The van der Waals surface area contributed by atoms with E-state index in [-0.39, 0.29) is 5.57 Å². The molecule has 0 aromatic heterocycles. The van der Waals surface area contributed by atoms with Crippen LogP contribution in [-0.4, -0.2) is 42.7 Å². The van der Waals surface area contributed by atoms with Gasteiger partial charge >= 0.3 is 0 Å². The highest BCUT2D eigenvalue weighted by Crippen LogP contribution is 1.97. The Morgan fingerprint density at radius 1 is 1.50 bits per heavy atom. The molecule has 0 aromatic carbocycles. The van der Waals surface area contributed by atoms with Gasteiger partial charge in [-0.05, 0) is 19.4 Å². The number of amides is 2. The average molecular weight is 273 g/mol. The smallest absolute Gasteiger partial charge is 0.263 e. The van der Waals surface area contributed by atoms with Crippen LogP contribution in [0.15, 0.2) is 11.8 Å². The van der Waals surface area contributed by atoms with Crippen molar-refractivity contribution in [2.75, 3.05) is 25.5 Å². The van der Waals surface area contributed by atoms with E-state index in [2.05, 4.69) is 5.32 Å². The van der Waals surface area contributed by atoms with Crippen LogP contribution in [0.1, 0.15) is 12.8 Å². The van der Waals surface area contributed by atoms with Gasteiger partial charge in [0.1, 0.15) is 11.6 Å². The van der Waals surface area contributed by atoms with Crippen molar-refractivity contribution in [2.24, 2.45) is 5.73 Å². The maximum atomic E-state index is 11.6. The number of rotatable bonds is 9. The van der Waals surface area contributed by atoms with Crippen LogP contribution in [0.4, 0.5) is 0 Å². The van der Waals surface area contributed by atoms with Gasteiger partial charge in [-0.1, -0.05) is 0 Å². The molecule has 7 heteroatoms. The second-order valence-corrected chi connectivity index (χ2v) is 3.82. The minimum atomic E-state index is -0.512. The Balaban J connectivity index is 4.48. The van der Waals surface area contributed by atoms with Crippen LogP contribution in [0.25, 0.3) is 0 Å². The van der Waals surface area contributed by atoms with E-state index in [0.29, 0.717) is 44.8 Å². The minimum absolute atomic E-state index is 0.117. The fourth-order valence-electron chi connectivity index (χ4n) is 1.09. The quantitative estimate of drug-likeness (QED) is 0.202. The maximum absolute atomic E-state index is 11.6. The Labute approximate surface area is 111 Å². The standard InChI is InChI=1S/C11H17ClN4O2/c12-3-1-5-15-11(18)10(7-14)8-16(9-17)6-2-4-13/h8-9H,1-6,13H2,(H,15,18)/b10-8-. The van der Waals surface area contributed by atoms with E-state index in [9.17, 15) is 9.59 Å². The number of hydrogen-bond donors (Lipinski definition) is 2. The summed E-state index contributed by atoms with van der Waals surface area (Å²) in [4.78, 5) is 23.5. The van der Waals surface area contributed by atoms with Crippen molar-refractivity contribution in [3.05, 3.63) is 11.8 Å². The summed E-state index contributed by atoms with van der Waals surface area (Å²) < 4.78 is 0. The van der Waals surface area contributed by atoms with Gasteiger partial charge in [-0.3, -0.25) is 9.59 Å². The first kappa shape index (κ1) is 16.4. The van der Waals surface area contributed by atoms with Gasteiger partial charge < -0.3 is 16.0 Å². The lowest BCUT2D eigenvalue weighted by molar-refractivity contribution is -0.117. The topological polar surface area (TPSA) is 99.2 Å². The maximum Gasteiger partial charge on any atom is 0.263 e. The summed E-state index contributed by atoms with van der Waals surface area (Å²) in [7, 11) is 0. The van der Waals surface area contributed by atoms with Crippen LogP contribution in [0, 0.1) is 11.3 Å². The Bertz CT molecular complexity index is 338. The molecule has 2 amide bonds. The number of nitrogens with zero attached hydrogens (tertiary/aromatic N) is 2. The molecule has 0 saturated carbocycles. The van der Waals surface area contributed by atoms with Gasteiger partial charge in [0.05, 0.1) is 0 Å². The highest BCUT2D eigenvalue weighted by atomic mass is 35.5. The number of carbonyl (C=O) groups excluding carboxylic acids is 2. The Kier molecular flexibility index (Phi) is 9.64. The van der Waals surface area contributed by atoms with E-state index in [4.69, 9.17) is 22.6 Å². The molecule has 0 aliphatic carbocycles. The molecule has 0 aromatic rings. The third-order valence-corrected chi connectivity index (χ3v) is 2.28. The first-order valence-electron chi connectivity index (χ1n) is 5.56. The van der Waals surface area contributed by atoms with Crippen LogP contribution in [0.2, 0.25) is 0 Å². The molecule has 100 valence electrons. The Morgan fingerprint density at radius 2 is 2.22 bits per heavy atom. The van der Waals surface area contributed by atoms with Gasteiger partial charge in [-0.15, -0.1) is 11.6 Å². The molecule has 0 aliphatic heterocycles. The number of nitrogens with one attached hydrogen (secondary N) is 1. The average Bonchev–Trinajstić information content (AvgIpc) is 2.39. The fourth-order valence-corrected chi connectivity index (χ4v) is 1.22. The number of halogens is 1. The van der Waals surface area contributed by atoms with Gasteiger partial charge in [0.2, 0.25) is 6.41 Å². The molecular weight excluding hydrogens is 256 g/mol. The SMILES string of the molecule is N#C/C(=C/N(C=O)CCCN)C(=O)NCCCCl. The molecule has 0 rings (SSSR count). The summed E-state index contributed by atoms with van der Waals surface area (Å²) in [6.45, 7) is 1.20. The number of nitrogens with two attached hydrogens (primary N) is 1. The summed E-state index contributed by atoms with van der Waals surface area (Å²) in [5.74, 6) is -0.0785. The summed E-state index contributed by atoms with van der Waals surface area (Å²) in [5.41, 5.74) is 5.20. The number of nitriles is 1. The van der Waals surface area contributed by atoms with Gasteiger partial charge in [-0.2, -0.15) is 5.26 Å². The van der Waals surface area contributed by atoms with Crippen molar-refractivity contribution >= 4 is 23.9 Å². The lowest BCUT2D eigenvalue weighted by Crippen LogP contribution is -2.28. The summed E-state index contributed by atoms with van der Waals surface area (Å²) in [6.07, 6.45) is 3.00. The normalized spacial score (nSPS) is 10.6. The van der Waals surface area contributed by atoms with Gasteiger partial charge in [-0.25, -0.2) is 0 Å². The van der Waals surface area contributed by atoms with Crippen molar-refractivity contribution in [3.8, 4) is 6.07 Å². The predicted molar refractivity (Wildman–Crippen MR) is 68.5 cm³/mol. The van der Waals surface area contributed by atoms with Crippen LogP contribution in [0.5, 0.6) is 0 Å². The van der Waals surface area contributed by atoms with E-state index in [1.54, 1.807) is 6.07 Å². The van der Waals surface area contributed by atoms with Crippen LogP contribution < -0.4 is 11.1 Å². The summed E-state index contributed by atoms with van der Waals surface area (Å²) in [6, 6.07) is 1.75. The molecular formula is C11H17ClN4O2. The molecule has 0 bridgehead atoms. The first-order valence-corrected chi connectivity index (χ1v) is 6.10. The second-order valence-electron chi connectivity index (χ2n) is 3.44. The van der Waals surface area contributed by atoms with Crippen molar-refractivity contribution in [3.63, 3.8) is 0 Å². The number of hydrogen-bond acceptors (Lipinski definition) is 4. The zero-order chi connectivity index (χ0) is 13.8. The molecule has 0 unspecified atom stereocenters. The lowest BCUT2D eigenvalue weighted by atomic mass is 10.2. The summed E-state index contributed by atoms with van der Waals surface area (Å²) >= 11 is 5.47. The van der Waals surface area contributed by atoms with E-state index >= 15 is 0 Å². The van der Waals surface area contributed by atoms with Crippen LogP contribution >= 0.6 is 11.6 Å². The molecule has 3 N–H and O–H groups in total. The van der Waals surface area contributed by atoms with Crippen molar-refractivity contribution in [2.45, 2.75) is 12.8 Å². The third-order valence-electron chi connectivity index (χ3n) is 2.01. The minimum Gasteiger partial charge on any atom is -0.351 e. The molecule has 0 atom stereocenters. The van der Waals surface area contributed by atoms with Gasteiger partial charge in [0.15, 0.2) is 0 Å². The van der Waals surface area contributed by atoms with Gasteiger partial charge in [0, 0.05) is 25.2 Å². The molecule has 0 radical (unpaired) electrons. The van der Waals surface area contributed by atoms with E-state index in [1.807, 2.05) is 0 Å². The van der Waals surface area contributed by atoms with Crippen molar-refractivity contribution < 1.29 is 9.59 Å². The van der Waals surface area contributed by atoms with Crippen LogP contribution in [-0.2, 0) is 9.59 Å². The molecule has 0 fully saturated rings. The highest BCUT2D eigenvalue weighted by Gasteiger charge is 2.10. The zero-order valence-electron chi connectivity index (χ0n) is 10.1.